The summed E-state index contributed by atoms with van der Waals surface area (Å²) in [6, 6.07) is 29.9. The van der Waals surface area contributed by atoms with E-state index in [4.69, 9.17) is 0 Å². The van der Waals surface area contributed by atoms with Crippen LogP contribution in [-0.4, -0.2) is 6.57 Å². The van der Waals surface area contributed by atoms with E-state index in [0.717, 1.165) is 6.54 Å². The molecule has 0 spiro atoms. The largest absolute Gasteiger partial charge is 0.375 e. The highest BCUT2D eigenvalue weighted by molar-refractivity contribution is 8.04. The Hall–Kier alpha value is -2.90. The number of hydrogen-bond donors (Lipinski definition) is 0. The van der Waals surface area contributed by atoms with Gasteiger partial charge < -0.3 is 4.81 Å². The van der Waals surface area contributed by atoms with Gasteiger partial charge in [-0.1, -0.05) is 74.5 Å². The number of fused-ring (bicyclic) bond motifs is 5. The van der Waals surface area contributed by atoms with Crippen LogP contribution in [-0.2, 0) is 6.54 Å². The summed E-state index contributed by atoms with van der Waals surface area (Å²) in [5, 5.41) is 2.97. The fourth-order valence-corrected chi connectivity index (χ4v) is 8.60. The molecule has 0 bridgehead atoms. The van der Waals surface area contributed by atoms with Crippen molar-refractivity contribution in [1.29, 1.82) is 0 Å². The second kappa shape index (κ2) is 6.31. The quantitative estimate of drug-likeness (QED) is 0.234. The van der Waals surface area contributed by atoms with Crippen molar-refractivity contribution in [3.63, 3.8) is 0 Å². The molecule has 4 aromatic rings. The summed E-state index contributed by atoms with van der Waals surface area (Å²) in [7, 11) is -0.533. The molecule has 4 heterocycles. The summed E-state index contributed by atoms with van der Waals surface area (Å²) in [6.07, 6.45) is 2.25. The highest BCUT2D eigenvalue weighted by Crippen LogP contribution is 2.56. The van der Waals surface area contributed by atoms with Gasteiger partial charge in [0.2, 0.25) is 5.69 Å². The van der Waals surface area contributed by atoms with Gasteiger partial charge in [0.05, 0.1) is 5.56 Å². The minimum atomic E-state index is -0.533. The Morgan fingerprint density at radius 2 is 1.77 bits per heavy atom. The Bertz CT molecular complexity index is 1370. The first kappa shape index (κ1) is 17.8. The van der Waals surface area contributed by atoms with Gasteiger partial charge in [-0.3, -0.25) is 0 Å². The van der Waals surface area contributed by atoms with Gasteiger partial charge in [0.1, 0.15) is 0 Å². The second-order valence-corrected chi connectivity index (χ2v) is 11.3. The normalized spacial score (nSPS) is 17.1. The van der Waals surface area contributed by atoms with E-state index in [1.807, 2.05) is 0 Å². The van der Waals surface area contributed by atoms with E-state index in [2.05, 4.69) is 108 Å². The lowest BCUT2D eigenvalue weighted by Crippen LogP contribution is -2.51. The van der Waals surface area contributed by atoms with Crippen molar-refractivity contribution in [2.75, 3.05) is 4.81 Å². The van der Waals surface area contributed by atoms with Crippen molar-refractivity contribution in [2.24, 2.45) is 0 Å². The smallest absolute Gasteiger partial charge is 0.339 e. The lowest BCUT2D eigenvalue weighted by molar-refractivity contribution is -0.671. The van der Waals surface area contributed by atoms with E-state index in [-0.39, 0.29) is 0 Å². The van der Waals surface area contributed by atoms with Crippen molar-refractivity contribution >= 4 is 41.8 Å². The Morgan fingerprint density at radius 1 is 0.903 bits per heavy atom. The van der Waals surface area contributed by atoms with E-state index in [9.17, 15) is 0 Å². The molecular formula is C27H23BN2P+. The summed E-state index contributed by atoms with van der Waals surface area (Å²) < 4.78 is 2.46. The molecule has 148 valence electrons. The number of benzene rings is 3. The minimum absolute atomic E-state index is 0.345. The predicted molar refractivity (Wildman–Crippen MR) is 132 cm³/mol. The molecule has 1 unspecified atom stereocenters. The Kier molecular flexibility index (Phi) is 3.61. The fraction of sp³-hybridized carbons (Fsp3) is 0.148. The van der Waals surface area contributed by atoms with Gasteiger partial charge in [-0.15, -0.1) is 0 Å². The first-order valence-electron chi connectivity index (χ1n) is 11.1. The van der Waals surface area contributed by atoms with Crippen LogP contribution in [0.1, 0.15) is 30.9 Å². The Labute approximate surface area is 185 Å². The molecule has 0 aliphatic carbocycles. The van der Waals surface area contributed by atoms with Crippen LogP contribution >= 0.6 is 7.80 Å². The summed E-state index contributed by atoms with van der Waals surface area (Å²) in [5.41, 5.74) is 10.0. The predicted octanol–water partition coefficient (Wildman–Crippen LogP) is 4.42. The lowest BCUT2D eigenvalue weighted by atomic mass is 9.71. The number of pyridine rings is 1. The zero-order valence-electron chi connectivity index (χ0n) is 17.8. The number of rotatable bonds is 2. The van der Waals surface area contributed by atoms with Gasteiger partial charge in [-0.05, 0) is 42.0 Å². The molecule has 0 saturated heterocycles. The van der Waals surface area contributed by atoms with E-state index in [1.54, 1.807) is 0 Å². The third-order valence-corrected chi connectivity index (χ3v) is 9.81. The van der Waals surface area contributed by atoms with E-state index in [1.165, 1.54) is 49.8 Å². The first-order valence-corrected chi connectivity index (χ1v) is 12.6. The van der Waals surface area contributed by atoms with Crippen LogP contribution in [0.3, 0.4) is 0 Å². The zero-order chi connectivity index (χ0) is 20.7. The molecular weight excluding hydrogens is 394 g/mol. The van der Waals surface area contributed by atoms with Crippen LogP contribution in [0.2, 0.25) is 0 Å². The molecule has 1 atom stereocenters. The van der Waals surface area contributed by atoms with Crippen LogP contribution in [0.4, 0.5) is 11.4 Å². The maximum atomic E-state index is 2.68. The van der Waals surface area contributed by atoms with Gasteiger partial charge in [-0.2, -0.15) is 4.57 Å². The van der Waals surface area contributed by atoms with Crippen molar-refractivity contribution < 1.29 is 4.57 Å². The number of hydrogen-bond acceptors (Lipinski definition) is 1. The summed E-state index contributed by atoms with van der Waals surface area (Å²) in [6.45, 7) is 5.92. The van der Waals surface area contributed by atoms with Gasteiger partial charge >= 0.3 is 6.57 Å². The Morgan fingerprint density at radius 3 is 2.61 bits per heavy atom. The van der Waals surface area contributed by atoms with Crippen LogP contribution in [0.25, 0.3) is 11.3 Å². The summed E-state index contributed by atoms with van der Waals surface area (Å²) >= 11 is 0. The molecule has 0 amide bonds. The molecule has 0 N–H and O–H groups in total. The minimum Gasteiger partial charge on any atom is -0.375 e. The lowest BCUT2D eigenvalue weighted by Gasteiger charge is -2.33. The van der Waals surface area contributed by atoms with E-state index in [0.29, 0.717) is 12.5 Å². The first-order chi connectivity index (χ1) is 15.2. The maximum Gasteiger partial charge on any atom is 0.339 e. The molecule has 7 rings (SSSR count). The number of anilines is 2. The van der Waals surface area contributed by atoms with E-state index < -0.39 is 7.80 Å². The molecule has 3 aromatic carbocycles. The Balaban J connectivity index is 1.57. The van der Waals surface area contributed by atoms with Crippen molar-refractivity contribution in [1.82, 2.24) is 0 Å². The molecule has 3 aliphatic rings. The van der Waals surface area contributed by atoms with Gasteiger partial charge in [0.15, 0.2) is 12.7 Å². The highest BCUT2D eigenvalue weighted by atomic mass is 31.1. The number of aromatic nitrogens is 1. The third kappa shape index (κ3) is 2.30. The monoisotopic (exact) mass is 417 g/mol. The van der Waals surface area contributed by atoms with Crippen LogP contribution in [0, 0.1) is 0 Å². The zero-order valence-corrected chi connectivity index (χ0v) is 18.7. The highest BCUT2D eigenvalue weighted by Gasteiger charge is 2.53. The van der Waals surface area contributed by atoms with Crippen LogP contribution < -0.4 is 25.4 Å². The maximum absolute atomic E-state index is 2.68. The summed E-state index contributed by atoms with van der Waals surface area (Å²) in [5.74, 6) is 0.521. The van der Waals surface area contributed by atoms with Crippen molar-refractivity contribution in [3.8, 4) is 11.3 Å². The van der Waals surface area contributed by atoms with Crippen molar-refractivity contribution in [2.45, 2.75) is 26.3 Å². The third-order valence-electron chi connectivity index (χ3n) is 7.06. The van der Waals surface area contributed by atoms with Gasteiger partial charge in [-0.25, -0.2) is 0 Å². The molecule has 0 saturated carbocycles. The topological polar surface area (TPSA) is 7.12 Å². The average Bonchev–Trinajstić information content (AvgIpc) is 3.35. The van der Waals surface area contributed by atoms with Gasteiger partial charge in [0, 0.05) is 28.5 Å². The second-order valence-electron chi connectivity index (χ2n) is 9.10. The molecule has 0 radical (unpaired) electrons. The molecule has 3 aliphatic heterocycles. The van der Waals surface area contributed by atoms with Crippen LogP contribution in [0.15, 0.2) is 85.1 Å². The summed E-state index contributed by atoms with van der Waals surface area (Å²) in [4.78, 5) is 2.68. The van der Waals surface area contributed by atoms with Crippen LogP contribution in [0.5, 0.6) is 0 Å². The molecule has 1 aromatic heterocycles. The SMILES string of the molecule is CC(C)c1ccc2c(c1)N1B(c3ccc[n+]4c3-c3c(cccc31)C4)P2c1ccccc1. The molecule has 2 nitrogen and oxygen atoms in total. The number of nitrogens with zero attached hydrogens (tertiary/aromatic N) is 2. The molecule has 31 heavy (non-hydrogen) atoms. The van der Waals surface area contributed by atoms with Crippen molar-refractivity contribution in [3.05, 3.63) is 96.2 Å². The molecule has 4 heteroatoms. The standard InChI is InChI=1S/C27H23BN2P/c1-18(2)19-13-14-25-24(16-19)30-23-12-6-8-20-17-29-15-7-11-22(27(29)26(20)23)28(30)31(25)21-9-4-3-5-10-21/h3-16,18H,17H2,1-2H3/q+1. The average molecular weight is 417 g/mol. The van der Waals surface area contributed by atoms with E-state index >= 15 is 0 Å². The molecule has 0 fully saturated rings. The van der Waals surface area contributed by atoms with Gasteiger partial charge in [0.25, 0.3) is 0 Å². The fourth-order valence-electron chi connectivity index (χ4n) is 5.66.